The monoisotopic (exact) mass is 237 g/mol. The van der Waals surface area contributed by atoms with E-state index in [2.05, 4.69) is 31.1 Å². The largest absolute Gasteiger partial charge is 0.481 e. The topological polar surface area (TPSA) is 68.0 Å². The van der Waals surface area contributed by atoms with Gasteiger partial charge < -0.3 is 5.11 Å². The number of hydrogen-bond donors (Lipinski definition) is 1. The maximum atomic E-state index is 11.1. The van der Waals surface area contributed by atoms with Crippen molar-refractivity contribution < 1.29 is 9.90 Å². The van der Waals surface area contributed by atoms with E-state index in [1.807, 2.05) is 4.68 Å². The zero-order chi connectivity index (χ0) is 12.6. The maximum absolute atomic E-state index is 11.1. The van der Waals surface area contributed by atoms with Gasteiger partial charge in [-0.15, -0.1) is 5.10 Å². The van der Waals surface area contributed by atoms with E-state index < -0.39 is 5.97 Å². The number of rotatable bonds is 3. The minimum atomic E-state index is -0.708. The van der Waals surface area contributed by atoms with E-state index in [0.717, 1.165) is 17.8 Å². The molecule has 0 amide bonds. The quantitative estimate of drug-likeness (QED) is 0.868. The fraction of sp³-hybridized carbons (Fsp3) is 0.750. The van der Waals surface area contributed by atoms with Crippen LogP contribution in [0.25, 0.3) is 0 Å². The highest BCUT2D eigenvalue weighted by atomic mass is 16.4. The summed E-state index contributed by atoms with van der Waals surface area (Å²) in [6.45, 7) is 6.37. The summed E-state index contributed by atoms with van der Waals surface area (Å²) in [5, 5.41) is 17.5. The molecule has 0 aromatic carbocycles. The van der Waals surface area contributed by atoms with E-state index in [9.17, 15) is 4.79 Å². The lowest BCUT2D eigenvalue weighted by molar-refractivity contribution is -0.142. The lowest BCUT2D eigenvalue weighted by Gasteiger charge is -2.22. The molecule has 1 aliphatic carbocycles. The van der Waals surface area contributed by atoms with Gasteiger partial charge in [0.05, 0.1) is 23.3 Å². The van der Waals surface area contributed by atoms with Crippen molar-refractivity contribution in [1.82, 2.24) is 15.0 Å². The second-order valence-electron chi connectivity index (χ2n) is 5.19. The molecule has 0 fully saturated rings. The van der Waals surface area contributed by atoms with Gasteiger partial charge >= 0.3 is 5.97 Å². The summed E-state index contributed by atoms with van der Waals surface area (Å²) in [6.07, 6.45) is 1.98. The number of carbonyl (C=O) groups is 1. The highest BCUT2D eigenvalue weighted by Crippen LogP contribution is 2.27. The summed E-state index contributed by atoms with van der Waals surface area (Å²) in [6, 6.07) is 0.263. The van der Waals surface area contributed by atoms with Crippen LogP contribution < -0.4 is 0 Å². The Kier molecular flexibility index (Phi) is 3.17. The van der Waals surface area contributed by atoms with Crippen molar-refractivity contribution in [3.05, 3.63) is 11.4 Å². The van der Waals surface area contributed by atoms with Gasteiger partial charge in [0.1, 0.15) is 0 Å². The second-order valence-corrected chi connectivity index (χ2v) is 5.19. The van der Waals surface area contributed by atoms with E-state index >= 15 is 0 Å². The molecule has 1 aromatic heterocycles. The molecule has 17 heavy (non-hydrogen) atoms. The molecule has 0 saturated heterocycles. The summed E-state index contributed by atoms with van der Waals surface area (Å²) in [5.41, 5.74) is 2.00. The predicted octanol–water partition coefficient (Wildman–Crippen LogP) is 1.68. The van der Waals surface area contributed by atoms with Gasteiger partial charge in [0.2, 0.25) is 0 Å². The number of aliphatic carboxylic acids is 1. The van der Waals surface area contributed by atoms with Crippen molar-refractivity contribution in [3.8, 4) is 0 Å². The normalized spacial score (nSPS) is 21.3. The number of aromatic nitrogens is 3. The second kappa shape index (κ2) is 4.47. The lowest BCUT2D eigenvalue weighted by atomic mass is 9.89. The van der Waals surface area contributed by atoms with Crippen LogP contribution in [-0.2, 0) is 17.6 Å². The Morgan fingerprint density at radius 3 is 2.76 bits per heavy atom. The molecule has 2 rings (SSSR count). The minimum Gasteiger partial charge on any atom is -0.481 e. The van der Waals surface area contributed by atoms with E-state index in [0.29, 0.717) is 18.8 Å². The van der Waals surface area contributed by atoms with E-state index in [4.69, 9.17) is 5.11 Å². The van der Waals surface area contributed by atoms with Gasteiger partial charge in [-0.05, 0) is 25.7 Å². The van der Waals surface area contributed by atoms with Crippen LogP contribution in [0.3, 0.4) is 0 Å². The van der Waals surface area contributed by atoms with Crippen LogP contribution in [0.5, 0.6) is 0 Å². The molecule has 94 valence electrons. The summed E-state index contributed by atoms with van der Waals surface area (Å²) < 4.78 is 1.91. The molecular formula is C12H19N3O2. The van der Waals surface area contributed by atoms with Crippen molar-refractivity contribution >= 4 is 5.97 Å². The van der Waals surface area contributed by atoms with Crippen molar-refractivity contribution in [2.75, 3.05) is 0 Å². The third-order valence-corrected chi connectivity index (χ3v) is 3.74. The first-order valence-corrected chi connectivity index (χ1v) is 6.16. The molecule has 0 unspecified atom stereocenters. The first-order valence-electron chi connectivity index (χ1n) is 6.16. The zero-order valence-corrected chi connectivity index (χ0v) is 10.6. The Balaban J connectivity index is 2.28. The van der Waals surface area contributed by atoms with Gasteiger partial charge in [-0.25, -0.2) is 4.68 Å². The summed E-state index contributed by atoms with van der Waals surface area (Å²) in [5.74, 6) is -0.522. The fourth-order valence-corrected chi connectivity index (χ4v) is 2.22. The van der Waals surface area contributed by atoms with Crippen molar-refractivity contribution in [1.29, 1.82) is 0 Å². The van der Waals surface area contributed by atoms with Crippen LogP contribution in [0.15, 0.2) is 0 Å². The van der Waals surface area contributed by atoms with Gasteiger partial charge in [-0.1, -0.05) is 19.1 Å². The summed E-state index contributed by atoms with van der Waals surface area (Å²) >= 11 is 0. The highest BCUT2D eigenvalue weighted by molar-refractivity contribution is 5.70. The zero-order valence-electron chi connectivity index (χ0n) is 10.6. The Labute approximate surface area is 101 Å². The molecular weight excluding hydrogens is 218 g/mol. The van der Waals surface area contributed by atoms with Gasteiger partial charge in [-0.2, -0.15) is 0 Å². The molecule has 0 bridgehead atoms. The average Bonchev–Trinajstić information content (AvgIpc) is 2.70. The molecule has 2 atom stereocenters. The summed E-state index contributed by atoms with van der Waals surface area (Å²) in [7, 11) is 0. The lowest BCUT2D eigenvalue weighted by Crippen LogP contribution is -2.25. The molecule has 0 aliphatic heterocycles. The first kappa shape index (κ1) is 12.1. The van der Waals surface area contributed by atoms with Gasteiger partial charge in [-0.3, -0.25) is 4.79 Å². The minimum absolute atomic E-state index is 0.263. The van der Waals surface area contributed by atoms with Crippen molar-refractivity contribution in [2.45, 2.75) is 46.1 Å². The van der Waals surface area contributed by atoms with E-state index in [1.54, 1.807) is 0 Å². The first-order chi connectivity index (χ1) is 8.00. The van der Waals surface area contributed by atoms with Gasteiger partial charge in [0.25, 0.3) is 0 Å². The van der Waals surface area contributed by atoms with Crippen LogP contribution in [0.2, 0.25) is 0 Å². The molecule has 0 radical (unpaired) electrons. The third-order valence-electron chi connectivity index (χ3n) is 3.74. The molecule has 1 aromatic rings. The molecule has 0 saturated carbocycles. The van der Waals surface area contributed by atoms with Crippen LogP contribution in [-0.4, -0.2) is 26.1 Å². The number of fused-ring (bicyclic) bond motifs is 1. The Morgan fingerprint density at radius 1 is 1.47 bits per heavy atom. The highest BCUT2D eigenvalue weighted by Gasteiger charge is 2.29. The third kappa shape index (κ3) is 2.18. The standard InChI is InChI=1S/C12H19N3O2/c1-7(2)8(3)15-11-6-9(12(16)17)4-5-10(11)13-14-15/h7-9H,4-6H2,1-3H3,(H,16,17)/t8-,9-/m0/s1. The average molecular weight is 237 g/mol. The molecule has 1 heterocycles. The maximum Gasteiger partial charge on any atom is 0.306 e. The van der Waals surface area contributed by atoms with E-state index in [-0.39, 0.29) is 12.0 Å². The number of hydrogen-bond acceptors (Lipinski definition) is 3. The molecule has 5 heteroatoms. The Morgan fingerprint density at radius 2 is 2.18 bits per heavy atom. The van der Waals surface area contributed by atoms with E-state index in [1.165, 1.54) is 0 Å². The molecule has 5 nitrogen and oxygen atoms in total. The van der Waals surface area contributed by atoms with Gasteiger partial charge in [0, 0.05) is 6.42 Å². The fourth-order valence-electron chi connectivity index (χ4n) is 2.22. The van der Waals surface area contributed by atoms with Crippen LogP contribution >= 0.6 is 0 Å². The molecule has 0 spiro atoms. The van der Waals surface area contributed by atoms with Crippen molar-refractivity contribution in [3.63, 3.8) is 0 Å². The number of aryl methyl sites for hydroxylation is 1. The van der Waals surface area contributed by atoms with Gasteiger partial charge in [0.15, 0.2) is 0 Å². The smallest absolute Gasteiger partial charge is 0.306 e. The van der Waals surface area contributed by atoms with Crippen LogP contribution in [0, 0.1) is 11.8 Å². The Hall–Kier alpha value is -1.39. The molecule has 1 aliphatic rings. The predicted molar refractivity (Wildman–Crippen MR) is 62.7 cm³/mol. The van der Waals surface area contributed by atoms with Crippen molar-refractivity contribution in [2.24, 2.45) is 11.8 Å². The number of carboxylic acids is 1. The Bertz CT molecular complexity index is 425. The number of nitrogens with zero attached hydrogens (tertiary/aromatic N) is 3. The number of carboxylic acid groups (broad SMARTS) is 1. The SMILES string of the molecule is CC(C)[C@H](C)n1nnc2c1C[C@@H](C(=O)O)CC2. The van der Waals surface area contributed by atoms with Crippen LogP contribution in [0.1, 0.15) is 44.6 Å². The summed E-state index contributed by atoms with van der Waals surface area (Å²) in [4.78, 5) is 11.1. The molecule has 1 N–H and O–H groups in total. The van der Waals surface area contributed by atoms with Crippen LogP contribution in [0.4, 0.5) is 0 Å².